The summed E-state index contributed by atoms with van der Waals surface area (Å²) in [6.45, 7) is 2.85. The fourth-order valence-corrected chi connectivity index (χ4v) is 4.09. The molecule has 8 nitrogen and oxygen atoms in total. The van der Waals surface area contributed by atoms with Crippen LogP contribution in [0.1, 0.15) is 15.9 Å². The van der Waals surface area contributed by atoms with Gasteiger partial charge in [0.15, 0.2) is 0 Å². The number of aliphatic hydroxyl groups excluding tert-OH is 1. The van der Waals surface area contributed by atoms with Gasteiger partial charge in [-0.25, -0.2) is 14.6 Å². The molecule has 3 N–H and O–H groups in total. The summed E-state index contributed by atoms with van der Waals surface area (Å²) in [4.78, 5) is 33.2. The van der Waals surface area contributed by atoms with E-state index in [2.05, 4.69) is 10.2 Å². The largest absolute Gasteiger partial charge is 0.478 e. The van der Waals surface area contributed by atoms with Crippen LogP contribution in [0.15, 0.2) is 54.6 Å². The minimum Gasteiger partial charge on any atom is -0.478 e. The maximum atomic E-state index is 12.4. The van der Waals surface area contributed by atoms with Gasteiger partial charge < -0.3 is 20.4 Å². The van der Waals surface area contributed by atoms with E-state index < -0.39 is 5.97 Å². The Balaban J connectivity index is 1.67. The Morgan fingerprint density at radius 2 is 1.66 bits per heavy atom. The van der Waals surface area contributed by atoms with E-state index in [4.69, 9.17) is 10.1 Å². The van der Waals surface area contributed by atoms with Gasteiger partial charge in [0, 0.05) is 55.8 Å². The van der Waals surface area contributed by atoms with Crippen LogP contribution in [0.3, 0.4) is 0 Å². The lowest BCUT2D eigenvalue weighted by molar-refractivity contribution is 0.0696. The number of carboxylic acid groups (broad SMARTS) is 1. The third kappa shape index (κ3) is 4.56. The number of fused-ring (bicyclic) bond motifs is 1. The average Bonchev–Trinajstić information content (AvgIpc) is 2.82. The van der Waals surface area contributed by atoms with Gasteiger partial charge in [-0.2, -0.15) is 0 Å². The molecule has 166 valence electrons. The predicted molar refractivity (Wildman–Crippen MR) is 121 cm³/mol. The lowest BCUT2D eigenvalue weighted by Crippen LogP contribution is -2.51. The summed E-state index contributed by atoms with van der Waals surface area (Å²) in [5.74, 6) is -0.974. The molecule has 4 rings (SSSR count). The van der Waals surface area contributed by atoms with Gasteiger partial charge >= 0.3 is 12.0 Å². The van der Waals surface area contributed by atoms with E-state index in [0.29, 0.717) is 54.9 Å². The zero-order chi connectivity index (χ0) is 22.5. The zero-order valence-electron chi connectivity index (χ0n) is 17.7. The lowest BCUT2D eigenvalue weighted by Gasteiger charge is -2.35. The van der Waals surface area contributed by atoms with Crippen LogP contribution >= 0.6 is 0 Å². The molecule has 1 aromatic heterocycles. The van der Waals surface area contributed by atoms with Gasteiger partial charge in [-0.1, -0.05) is 48.5 Å². The number of hydrogen-bond donors (Lipinski definition) is 3. The number of amides is 2. The number of carbonyl (C=O) groups is 2. The lowest BCUT2D eigenvalue weighted by atomic mass is 9.96. The Morgan fingerprint density at radius 1 is 0.969 bits per heavy atom. The summed E-state index contributed by atoms with van der Waals surface area (Å²) in [5.41, 5.74) is 3.15. The molecule has 3 aromatic rings. The van der Waals surface area contributed by atoms with Crippen molar-refractivity contribution < 1.29 is 19.8 Å². The highest BCUT2D eigenvalue weighted by molar-refractivity contribution is 6.05. The second-order valence-corrected chi connectivity index (χ2v) is 7.72. The van der Waals surface area contributed by atoms with Crippen LogP contribution in [0.4, 0.5) is 4.79 Å². The number of hydrogen-bond acceptors (Lipinski definition) is 5. The molecule has 1 aliphatic heterocycles. The number of piperazine rings is 1. The molecule has 0 spiro atoms. The number of rotatable bonds is 6. The number of urea groups is 1. The number of aliphatic hydroxyl groups is 1. The Hall–Kier alpha value is -3.49. The normalized spacial score (nSPS) is 14.5. The number of aromatic carboxylic acids is 1. The van der Waals surface area contributed by atoms with E-state index in [0.717, 1.165) is 5.56 Å². The average molecular weight is 434 g/mol. The van der Waals surface area contributed by atoms with Crippen LogP contribution in [0.25, 0.3) is 22.2 Å². The van der Waals surface area contributed by atoms with Crippen molar-refractivity contribution >= 4 is 22.9 Å². The number of aromatic nitrogens is 1. The highest BCUT2D eigenvalue weighted by atomic mass is 16.4. The second-order valence-electron chi connectivity index (χ2n) is 7.72. The molecule has 2 aromatic carbocycles. The van der Waals surface area contributed by atoms with Crippen LogP contribution in [0.2, 0.25) is 0 Å². The molecule has 0 atom stereocenters. The summed E-state index contributed by atoms with van der Waals surface area (Å²) in [7, 11) is 0. The Bertz CT molecular complexity index is 1110. The maximum absolute atomic E-state index is 12.4. The first-order chi connectivity index (χ1) is 15.6. The molecule has 0 bridgehead atoms. The highest BCUT2D eigenvalue weighted by Crippen LogP contribution is 2.31. The molecular formula is C24H26N4O4. The number of nitrogens with zero attached hydrogens (tertiary/aromatic N) is 3. The first kappa shape index (κ1) is 21.7. The van der Waals surface area contributed by atoms with E-state index in [-0.39, 0.29) is 24.7 Å². The quantitative estimate of drug-likeness (QED) is 0.550. The van der Waals surface area contributed by atoms with Gasteiger partial charge in [-0.15, -0.1) is 0 Å². The van der Waals surface area contributed by atoms with Gasteiger partial charge in [0.1, 0.15) is 0 Å². The molecule has 1 aliphatic rings. The minimum atomic E-state index is -0.974. The number of nitrogens with one attached hydrogen (secondary N) is 1. The molecule has 2 amide bonds. The molecule has 0 unspecified atom stereocenters. The van der Waals surface area contributed by atoms with Crippen LogP contribution in [0.5, 0.6) is 0 Å². The van der Waals surface area contributed by atoms with Crippen molar-refractivity contribution in [3.05, 3.63) is 65.7 Å². The van der Waals surface area contributed by atoms with Crippen LogP contribution < -0.4 is 5.32 Å². The van der Waals surface area contributed by atoms with Crippen molar-refractivity contribution in [3.63, 3.8) is 0 Å². The summed E-state index contributed by atoms with van der Waals surface area (Å²) >= 11 is 0. The fraction of sp³-hybridized carbons (Fsp3) is 0.292. The third-order valence-corrected chi connectivity index (χ3v) is 5.68. The molecule has 32 heavy (non-hydrogen) atoms. The van der Waals surface area contributed by atoms with E-state index in [9.17, 15) is 14.7 Å². The number of carboxylic acids is 1. The number of pyridine rings is 1. The van der Waals surface area contributed by atoms with E-state index in [1.165, 1.54) is 0 Å². The highest BCUT2D eigenvalue weighted by Gasteiger charge is 2.26. The molecule has 2 heterocycles. The second kappa shape index (κ2) is 9.76. The monoisotopic (exact) mass is 434 g/mol. The van der Waals surface area contributed by atoms with E-state index in [1.807, 2.05) is 48.5 Å². The van der Waals surface area contributed by atoms with Crippen LogP contribution in [-0.4, -0.2) is 76.3 Å². The van der Waals surface area contributed by atoms with Crippen molar-refractivity contribution in [1.29, 1.82) is 0 Å². The molecule has 1 saturated heterocycles. The summed E-state index contributed by atoms with van der Waals surface area (Å²) in [6, 6.07) is 16.8. The summed E-state index contributed by atoms with van der Waals surface area (Å²) < 4.78 is 0. The van der Waals surface area contributed by atoms with Crippen molar-refractivity contribution in [1.82, 2.24) is 20.1 Å². The van der Waals surface area contributed by atoms with Crippen molar-refractivity contribution in [2.75, 3.05) is 39.3 Å². The van der Waals surface area contributed by atoms with Gasteiger partial charge in [0.25, 0.3) is 0 Å². The van der Waals surface area contributed by atoms with Crippen LogP contribution in [0, 0.1) is 0 Å². The summed E-state index contributed by atoms with van der Waals surface area (Å²) in [5, 5.41) is 22.3. The van der Waals surface area contributed by atoms with Gasteiger partial charge in [0.05, 0.1) is 23.4 Å². The van der Waals surface area contributed by atoms with Crippen molar-refractivity contribution in [2.24, 2.45) is 0 Å². The number of benzene rings is 2. The minimum absolute atomic E-state index is 0.0963. The molecule has 0 radical (unpaired) electrons. The molecule has 0 aliphatic carbocycles. The van der Waals surface area contributed by atoms with Crippen molar-refractivity contribution in [2.45, 2.75) is 6.54 Å². The maximum Gasteiger partial charge on any atom is 0.336 e. The zero-order valence-corrected chi connectivity index (χ0v) is 17.7. The van der Waals surface area contributed by atoms with Gasteiger partial charge in [-0.3, -0.25) is 4.90 Å². The van der Waals surface area contributed by atoms with Gasteiger partial charge in [-0.05, 0) is 6.07 Å². The van der Waals surface area contributed by atoms with E-state index >= 15 is 0 Å². The topological polar surface area (TPSA) is 106 Å². The van der Waals surface area contributed by atoms with Gasteiger partial charge in [0.2, 0.25) is 0 Å². The summed E-state index contributed by atoms with van der Waals surface area (Å²) in [6.07, 6.45) is 0. The third-order valence-electron chi connectivity index (χ3n) is 5.68. The fourth-order valence-electron chi connectivity index (χ4n) is 4.09. The van der Waals surface area contributed by atoms with Crippen molar-refractivity contribution in [3.8, 4) is 11.3 Å². The Kier molecular flexibility index (Phi) is 6.63. The molecule has 0 saturated carbocycles. The SMILES string of the molecule is O=C(O)c1c(CN2CCN(C(=O)NCCO)CC2)c(-c2ccccc2)nc2ccccc12. The predicted octanol–water partition coefficient (Wildman–Crippen LogP) is 2.42. The number of carbonyl (C=O) groups excluding carboxylic acids is 1. The molecular weight excluding hydrogens is 408 g/mol. The first-order valence-corrected chi connectivity index (χ1v) is 10.6. The first-order valence-electron chi connectivity index (χ1n) is 10.6. The van der Waals surface area contributed by atoms with Crippen LogP contribution in [-0.2, 0) is 6.54 Å². The number of para-hydroxylation sites is 1. The molecule has 1 fully saturated rings. The molecule has 8 heteroatoms. The standard InChI is InChI=1S/C24H26N4O4/c29-15-10-25-24(32)28-13-11-27(12-14-28)16-19-21(23(30)31)18-8-4-5-9-20(18)26-22(19)17-6-2-1-3-7-17/h1-9,29H,10-16H2,(H,25,32)(H,30,31). The smallest absolute Gasteiger partial charge is 0.336 e. The Labute approximate surface area is 186 Å². The Morgan fingerprint density at radius 3 is 2.34 bits per heavy atom. The van der Waals surface area contributed by atoms with E-state index in [1.54, 1.807) is 11.0 Å².